The van der Waals surface area contributed by atoms with Gasteiger partial charge in [-0.05, 0) is 90.0 Å². The maximum atomic E-state index is 5.19. The molecule has 0 saturated heterocycles. The summed E-state index contributed by atoms with van der Waals surface area (Å²) in [6.45, 7) is 0. The highest BCUT2D eigenvalue weighted by Gasteiger charge is 2.18. The van der Waals surface area contributed by atoms with E-state index in [-0.39, 0.29) is 0 Å². The lowest BCUT2D eigenvalue weighted by atomic mass is 9.99. The highest BCUT2D eigenvalue weighted by atomic mass is 32.1. The first-order valence-electron chi connectivity index (χ1n) is 21.2. The standard InChI is InChI=1S/C57H35N5S/c1-3-12-36(13-4-1)49-32-43(33-50(60-49)37-14-5-2-6-15-37)62-51-18-9-7-16-44(51)46-24-21-39(30-54(46)62)41-28-40(34-58-35-41)38-22-25-53-47(29-38)45-17-8-10-19-52(45)61(53)42-23-26-55-48(31-42)57-56(63-55)20-11-27-59-57/h1-35H. The second-order valence-electron chi connectivity index (χ2n) is 16.1. The van der Waals surface area contributed by atoms with Crippen LogP contribution in [0.5, 0.6) is 0 Å². The molecule has 7 aromatic carbocycles. The summed E-state index contributed by atoms with van der Waals surface area (Å²) in [5.74, 6) is 0. The molecule has 5 nitrogen and oxygen atoms in total. The Hall–Kier alpha value is -8.19. The van der Waals surface area contributed by atoms with Gasteiger partial charge >= 0.3 is 0 Å². The summed E-state index contributed by atoms with van der Waals surface area (Å²) in [4.78, 5) is 14.8. The molecule has 0 atom stereocenters. The first-order valence-corrected chi connectivity index (χ1v) is 22.0. The quantitative estimate of drug-likeness (QED) is 0.168. The SMILES string of the molecule is c1ccc(-c2cc(-n3c4ccccc4c4ccc(-c5cncc(-c6ccc7c(c6)c6ccccc6n7-c6ccc7sc8cccnc8c7c6)c5)cc43)cc(-c3ccccc3)n2)cc1. The topological polar surface area (TPSA) is 48.5 Å². The third kappa shape index (κ3) is 5.80. The lowest BCUT2D eigenvalue weighted by Gasteiger charge is -2.14. The summed E-state index contributed by atoms with van der Waals surface area (Å²) in [5, 5.41) is 6.01. The molecule has 0 aliphatic heterocycles. The molecule has 0 N–H and O–H groups in total. The van der Waals surface area contributed by atoms with Crippen LogP contribution in [-0.4, -0.2) is 24.1 Å². The van der Waals surface area contributed by atoms with Crippen LogP contribution in [0.4, 0.5) is 0 Å². The van der Waals surface area contributed by atoms with E-state index in [1.807, 2.05) is 36.8 Å². The van der Waals surface area contributed by atoms with Gasteiger partial charge in [-0.25, -0.2) is 4.98 Å². The zero-order chi connectivity index (χ0) is 41.4. The van der Waals surface area contributed by atoms with Gasteiger partial charge in [-0.2, -0.15) is 0 Å². The second-order valence-corrected chi connectivity index (χ2v) is 17.2. The van der Waals surface area contributed by atoms with Crippen LogP contribution in [-0.2, 0) is 0 Å². The van der Waals surface area contributed by atoms with Crippen molar-refractivity contribution in [2.45, 2.75) is 0 Å². The molecule has 0 saturated carbocycles. The number of fused-ring (bicyclic) bond motifs is 9. The first kappa shape index (κ1) is 35.6. The van der Waals surface area contributed by atoms with E-state index in [1.165, 1.54) is 41.8 Å². The Balaban J connectivity index is 0.942. The van der Waals surface area contributed by atoms with E-state index in [2.05, 4.69) is 185 Å². The predicted octanol–water partition coefficient (Wildman–Crippen LogP) is 15.1. The summed E-state index contributed by atoms with van der Waals surface area (Å²) in [7, 11) is 0. The molecule has 0 unspecified atom stereocenters. The zero-order valence-corrected chi connectivity index (χ0v) is 34.7. The largest absolute Gasteiger partial charge is 0.309 e. The number of benzene rings is 7. The normalized spacial score (nSPS) is 11.8. The molecule has 63 heavy (non-hydrogen) atoms. The van der Waals surface area contributed by atoms with Gasteiger partial charge in [0.1, 0.15) is 0 Å². The van der Waals surface area contributed by atoms with E-state index in [0.29, 0.717) is 0 Å². The van der Waals surface area contributed by atoms with Crippen molar-refractivity contribution < 1.29 is 0 Å². The van der Waals surface area contributed by atoms with Crippen LogP contribution in [0.2, 0.25) is 0 Å². The fourth-order valence-electron chi connectivity index (χ4n) is 9.50. The van der Waals surface area contributed by atoms with Gasteiger partial charge in [0.25, 0.3) is 0 Å². The van der Waals surface area contributed by atoms with Gasteiger partial charge in [0.05, 0.1) is 49.4 Å². The van der Waals surface area contributed by atoms with Gasteiger partial charge in [0.2, 0.25) is 0 Å². The Morgan fingerprint density at radius 3 is 1.68 bits per heavy atom. The van der Waals surface area contributed by atoms with E-state index < -0.39 is 0 Å². The maximum absolute atomic E-state index is 5.19. The number of thiophene rings is 1. The van der Waals surface area contributed by atoms with Crippen molar-refractivity contribution in [3.8, 4) is 56.1 Å². The van der Waals surface area contributed by atoms with Crippen molar-refractivity contribution in [1.82, 2.24) is 24.1 Å². The van der Waals surface area contributed by atoms with Gasteiger partial charge in [0, 0.05) is 78.2 Å². The minimum absolute atomic E-state index is 0.931. The van der Waals surface area contributed by atoms with E-state index in [4.69, 9.17) is 15.0 Å². The van der Waals surface area contributed by atoms with Crippen LogP contribution in [0.15, 0.2) is 213 Å². The fraction of sp³-hybridized carbons (Fsp3) is 0. The Labute approximate surface area is 366 Å². The number of hydrogen-bond acceptors (Lipinski definition) is 4. The molecule has 0 spiro atoms. The molecule has 13 rings (SSSR count). The van der Waals surface area contributed by atoms with E-state index in [9.17, 15) is 0 Å². The Kier molecular flexibility index (Phi) is 8.01. The van der Waals surface area contributed by atoms with Gasteiger partial charge in [-0.1, -0.05) is 115 Å². The minimum atomic E-state index is 0.931. The monoisotopic (exact) mass is 821 g/mol. The summed E-state index contributed by atoms with van der Waals surface area (Å²) in [6, 6.07) is 69.6. The van der Waals surface area contributed by atoms with Crippen molar-refractivity contribution in [1.29, 1.82) is 0 Å². The van der Waals surface area contributed by atoms with Crippen molar-refractivity contribution in [3.05, 3.63) is 213 Å². The number of hydrogen-bond donors (Lipinski definition) is 0. The highest BCUT2D eigenvalue weighted by Crippen LogP contribution is 2.40. The van der Waals surface area contributed by atoms with Crippen LogP contribution in [0.25, 0.3) is 120 Å². The fourth-order valence-corrected chi connectivity index (χ4v) is 10.5. The predicted molar refractivity (Wildman–Crippen MR) is 263 cm³/mol. The van der Waals surface area contributed by atoms with Crippen LogP contribution >= 0.6 is 11.3 Å². The molecule has 6 aromatic heterocycles. The molecule has 0 bridgehead atoms. The lowest BCUT2D eigenvalue weighted by molar-refractivity contribution is 1.16. The third-order valence-electron chi connectivity index (χ3n) is 12.4. The van der Waals surface area contributed by atoms with E-state index in [0.717, 1.165) is 78.2 Å². The number of rotatable bonds is 6. The molecule has 0 aliphatic carbocycles. The highest BCUT2D eigenvalue weighted by molar-refractivity contribution is 7.25. The molecular weight excluding hydrogens is 787 g/mol. The summed E-state index contributed by atoms with van der Waals surface area (Å²) < 4.78 is 7.23. The Bertz CT molecular complexity index is 3860. The lowest BCUT2D eigenvalue weighted by Crippen LogP contribution is -1.98. The summed E-state index contributed by atoms with van der Waals surface area (Å²) in [5.41, 5.74) is 16.2. The van der Waals surface area contributed by atoms with E-state index in [1.54, 1.807) is 11.3 Å². The number of aromatic nitrogens is 5. The van der Waals surface area contributed by atoms with Crippen molar-refractivity contribution in [2.75, 3.05) is 0 Å². The molecule has 13 aromatic rings. The third-order valence-corrected chi connectivity index (χ3v) is 13.6. The molecule has 6 heterocycles. The van der Waals surface area contributed by atoms with Gasteiger partial charge in [0.15, 0.2) is 0 Å². The second kappa shape index (κ2) is 14.2. The van der Waals surface area contributed by atoms with Gasteiger partial charge in [-0.15, -0.1) is 11.3 Å². The Morgan fingerprint density at radius 2 is 0.952 bits per heavy atom. The van der Waals surface area contributed by atoms with Crippen LogP contribution < -0.4 is 0 Å². The molecule has 0 aliphatic rings. The first-order chi connectivity index (χ1) is 31.2. The van der Waals surface area contributed by atoms with E-state index >= 15 is 0 Å². The molecular formula is C57H35N5S. The average molecular weight is 822 g/mol. The van der Waals surface area contributed by atoms with Crippen LogP contribution in [0, 0.1) is 0 Å². The van der Waals surface area contributed by atoms with Gasteiger partial charge < -0.3 is 9.13 Å². The number of para-hydroxylation sites is 2. The maximum Gasteiger partial charge on any atom is 0.0889 e. The summed E-state index contributed by atoms with van der Waals surface area (Å²) in [6.07, 6.45) is 5.85. The molecule has 6 heteroatoms. The molecule has 0 fully saturated rings. The summed E-state index contributed by atoms with van der Waals surface area (Å²) >= 11 is 1.79. The molecule has 294 valence electrons. The smallest absolute Gasteiger partial charge is 0.0889 e. The molecule has 0 radical (unpaired) electrons. The van der Waals surface area contributed by atoms with Crippen molar-refractivity contribution >= 4 is 75.3 Å². The van der Waals surface area contributed by atoms with Crippen LogP contribution in [0.3, 0.4) is 0 Å². The average Bonchev–Trinajstić information content (AvgIpc) is 4.01. The number of pyridine rings is 3. The minimum Gasteiger partial charge on any atom is -0.309 e. The molecule has 0 amide bonds. The van der Waals surface area contributed by atoms with Crippen molar-refractivity contribution in [2.24, 2.45) is 0 Å². The number of nitrogens with zero attached hydrogens (tertiary/aromatic N) is 5. The van der Waals surface area contributed by atoms with Gasteiger partial charge in [-0.3, -0.25) is 9.97 Å². The van der Waals surface area contributed by atoms with Crippen molar-refractivity contribution in [3.63, 3.8) is 0 Å². The Morgan fingerprint density at radius 1 is 0.349 bits per heavy atom. The van der Waals surface area contributed by atoms with Crippen LogP contribution in [0.1, 0.15) is 0 Å². The zero-order valence-electron chi connectivity index (χ0n) is 33.9.